The Bertz CT molecular complexity index is 737. The molecule has 0 saturated carbocycles. The van der Waals surface area contributed by atoms with Crippen molar-refractivity contribution >= 4 is 47.1 Å². The van der Waals surface area contributed by atoms with Crippen LogP contribution in [0.25, 0.3) is 0 Å². The minimum atomic E-state index is 0. The molecule has 1 aliphatic heterocycles. The third kappa shape index (κ3) is 6.58. The van der Waals surface area contributed by atoms with Crippen molar-refractivity contribution in [1.29, 1.82) is 0 Å². The van der Waals surface area contributed by atoms with Crippen molar-refractivity contribution < 1.29 is 0 Å². The van der Waals surface area contributed by atoms with E-state index in [4.69, 9.17) is 0 Å². The molecule has 0 aromatic carbocycles. The van der Waals surface area contributed by atoms with Crippen LogP contribution in [-0.4, -0.2) is 48.7 Å². The van der Waals surface area contributed by atoms with Crippen molar-refractivity contribution in [3.05, 3.63) is 40.0 Å². The molecule has 0 amide bonds. The molecule has 0 bridgehead atoms. The van der Waals surface area contributed by atoms with Crippen LogP contribution in [0, 0.1) is 6.92 Å². The highest BCUT2D eigenvalue weighted by Gasteiger charge is 2.20. The molecule has 1 saturated heterocycles. The summed E-state index contributed by atoms with van der Waals surface area (Å²) in [4.78, 5) is 17.1. The summed E-state index contributed by atoms with van der Waals surface area (Å²) in [6, 6.07) is 4.70. The van der Waals surface area contributed by atoms with Crippen molar-refractivity contribution in [3.63, 3.8) is 0 Å². The maximum Gasteiger partial charge on any atom is 0.191 e. The first kappa shape index (κ1) is 22.9. The summed E-state index contributed by atoms with van der Waals surface area (Å²) in [5, 5.41) is 8.17. The summed E-state index contributed by atoms with van der Waals surface area (Å²) in [5.74, 6) is 1.96. The number of aromatic nitrogens is 2. The second kappa shape index (κ2) is 11.5. The van der Waals surface area contributed by atoms with Gasteiger partial charge in [0.05, 0.1) is 5.01 Å². The molecule has 0 atom stereocenters. The Hall–Kier alpha value is -1.42. The van der Waals surface area contributed by atoms with Crippen LogP contribution in [0.2, 0.25) is 0 Å². The van der Waals surface area contributed by atoms with Gasteiger partial charge in [-0.25, -0.2) is 9.97 Å². The van der Waals surface area contributed by atoms with Gasteiger partial charge >= 0.3 is 0 Å². The predicted molar refractivity (Wildman–Crippen MR) is 129 cm³/mol. The van der Waals surface area contributed by atoms with Gasteiger partial charge in [-0.15, -0.1) is 35.3 Å². The van der Waals surface area contributed by atoms with Crippen molar-refractivity contribution in [2.45, 2.75) is 45.6 Å². The van der Waals surface area contributed by atoms with Crippen LogP contribution < -0.4 is 15.5 Å². The molecular formula is C20H31IN6S. The maximum atomic E-state index is 4.55. The van der Waals surface area contributed by atoms with Gasteiger partial charge < -0.3 is 15.5 Å². The molecule has 1 aliphatic rings. The summed E-state index contributed by atoms with van der Waals surface area (Å²) in [6.45, 7) is 7.13. The first-order chi connectivity index (χ1) is 13.2. The molecule has 0 spiro atoms. The number of hydrogen-bond donors (Lipinski definition) is 2. The van der Waals surface area contributed by atoms with Crippen molar-refractivity contribution in [2.75, 3.05) is 31.6 Å². The van der Waals surface area contributed by atoms with Gasteiger partial charge in [0.15, 0.2) is 5.96 Å². The molecule has 2 N–H and O–H groups in total. The quantitative estimate of drug-likeness (QED) is 0.352. The van der Waals surface area contributed by atoms with Crippen molar-refractivity contribution in [1.82, 2.24) is 20.6 Å². The van der Waals surface area contributed by atoms with E-state index >= 15 is 0 Å². The standard InChI is InChI=1S/C20H30N6S.HI/c1-4-17-14-24-19(27-17)7-10-22-20(21-3)25-16-8-11-26(12-9-16)18-6-5-15(2)13-23-18;/h5-6,13-14,16H,4,7-12H2,1-3H3,(H2,21,22,25);1H. The zero-order valence-electron chi connectivity index (χ0n) is 16.9. The highest BCUT2D eigenvalue weighted by molar-refractivity contribution is 14.0. The van der Waals surface area contributed by atoms with E-state index in [1.807, 2.05) is 19.4 Å². The van der Waals surface area contributed by atoms with E-state index in [9.17, 15) is 0 Å². The fraction of sp³-hybridized carbons (Fsp3) is 0.550. The number of piperidine rings is 1. The molecule has 3 rings (SSSR count). The van der Waals surface area contributed by atoms with Crippen LogP contribution in [-0.2, 0) is 12.8 Å². The van der Waals surface area contributed by atoms with Crippen LogP contribution in [0.1, 0.15) is 35.2 Å². The van der Waals surface area contributed by atoms with Crippen molar-refractivity contribution in [3.8, 4) is 0 Å². The zero-order chi connectivity index (χ0) is 19.1. The SMILES string of the molecule is CCc1cnc(CCNC(=NC)NC2CCN(c3ccc(C)cn3)CC2)s1.I. The minimum Gasteiger partial charge on any atom is -0.356 e. The van der Waals surface area contributed by atoms with E-state index in [0.717, 1.165) is 57.1 Å². The Kier molecular flexibility index (Phi) is 9.43. The molecule has 2 aromatic heterocycles. The van der Waals surface area contributed by atoms with E-state index in [1.54, 1.807) is 11.3 Å². The lowest BCUT2D eigenvalue weighted by Gasteiger charge is -2.33. The number of rotatable bonds is 6. The Balaban J connectivity index is 0.00000280. The molecule has 0 aliphatic carbocycles. The Morgan fingerprint density at radius 1 is 1.25 bits per heavy atom. The smallest absolute Gasteiger partial charge is 0.191 e. The van der Waals surface area contributed by atoms with Gasteiger partial charge in [-0.1, -0.05) is 13.0 Å². The number of nitrogens with one attached hydrogen (secondary N) is 2. The largest absolute Gasteiger partial charge is 0.356 e. The summed E-state index contributed by atoms with van der Waals surface area (Å²) < 4.78 is 0. The predicted octanol–water partition coefficient (Wildman–Crippen LogP) is 3.40. The van der Waals surface area contributed by atoms with Crippen LogP contribution in [0.4, 0.5) is 5.82 Å². The van der Waals surface area contributed by atoms with E-state index in [1.165, 1.54) is 15.4 Å². The number of guanidine groups is 1. The molecule has 154 valence electrons. The van der Waals surface area contributed by atoms with Crippen molar-refractivity contribution in [2.24, 2.45) is 4.99 Å². The lowest BCUT2D eigenvalue weighted by molar-refractivity contribution is 0.459. The van der Waals surface area contributed by atoms with Gasteiger partial charge in [0.1, 0.15) is 5.82 Å². The number of nitrogens with zero attached hydrogens (tertiary/aromatic N) is 4. The third-order valence-corrected chi connectivity index (χ3v) is 6.06. The first-order valence-corrected chi connectivity index (χ1v) is 10.6. The monoisotopic (exact) mass is 514 g/mol. The van der Waals surface area contributed by atoms with E-state index in [0.29, 0.717) is 6.04 Å². The van der Waals surface area contributed by atoms with Gasteiger partial charge in [-0.2, -0.15) is 0 Å². The molecule has 8 heteroatoms. The topological polar surface area (TPSA) is 65.4 Å². The molecule has 0 unspecified atom stereocenters. The van der Waals surface area contributed by atoms with Gasteiger partial charge in [0.25, 0.3) is 0 Å². The summed E-state index contributed by atoms with van der Waals surface area (Å²) in [5.41, 5.74) is 1.20. The third-order valence-electron chi connectivity index (χ3n) is 4.86. The number of pyridine rings is 1. The number of anilines is 1. The number of aliphatic imine (C=N–C) groups is 1. The molecule has 2 aromatic rings. The molecular weight excluding hydrogens is 483 g/mol. The molecule has 6 nitrogen and oxygen atoms in total. The van der Waals surface area contributed by atoms with Gasteiger partial charge in [0.2, 0.25) is 0 Å². The number of thiazole rings is 1. The van der Waals surface area contributed by atoms with E-state index < -0.39 is 0 Å². The molecule has 0 radical (unpaired) electrons. The fourth-order valence-electron chi connectivity index (χ4n) is 3.20. The minimum absolute atomic E-state index is 0. The van der Waals surface area contributed by atoms with Crippen LogP contribution in [0.3, 0.4) is 0 Å². The van der Waals surface area contributed by atoms with Gasteiger partial charge in [0, 0.05) is 56.4 Å². The van der Waals surface area contributed by atoms with Crippen LogP contribution in [0.15, 0.2) is 29.5 Å². The lowest BCUT2D eigenvalue weighted by atomic mass is 10.1. The molecule has 1 fully saturated rings. The van der Waals surface area contributed by atoms with Crippen LogP contribution in [0.5, 0.6) is 0 Å². The normalized spacial score (nSPS) is 15.2. The van der Waals surface area contributed by atoms with E-state index in [-0.39, 0.29) is 24.0 Å². The molecule has 3 heterocycles. The summed E-state index contributed by atoms with van der Waals surface area (Å²) in [6.07, 6.45) is 8.10. The Morgan fingerprint density at radius 2 is 2.04 bits per heavy atom. The van der Waals surface area contributed by atoms with Gasteiger partial charge in [-0.05, 0) is 37.8 Å². The lowest BCUT2D eigenvalue weighted by Crippen LogP contribution is -2.49. The highest BCUT2D eigenvalue weighted by Crippen LogP contribution is 2.18. The number of halogens is 1. The molecule has 28 heavy (non-hydrogen) atoms. The Morgan fingerprint density at radius 3 is 2.64 bits per heavy atom. The Labute approximate surface area is 189 Å². The summed E-state index contributed by atoms with van der Waals surface area (Å²) >= 11 is 1.80. The zero-order valence-corrected chi connectivity index (χ0v) is 20.1. The first-order valence-electron chi connectivity index (χ1n) is 9.76. The number of hydrogen-bond acceptors (Lipinski definition) is 5. The van der Waals surface area contributed by atoms with Crippen LogP contribution >= 0.6 is 35.3 Å². The second-order valence-corrected chi connectivity index (χ2v) is 8.12. The fourth-order valence-corrected chi connectivity index (χ4v) is 4.06. The maximum absolute atomic E-state index is 4.55. The average molecular weight is 514 g/mol. The average Bonchev–Trinajstić information content (AvgIpc) is 3.16. The second-order valence-electron chi connectivity index (χ2n) is 6.92. The summed E-state index contributed by atoms with van der Waals surface area (Å²) in [7, 11) is 1.83. The highest BCUT2D eigenvalue weighted by atomic mass is 127. The van der Waals surface area contributed by atoms with E-state index in [2.05, 4.69) is 56.5 Å². The number of aryl methyl sites for hydroxylation is 2. The van der Waals surface area contributed by atoms with Gasteiger partial charge in [-0.3, -0.25) is 4.99 Å².